The molecular formula is C23H27N3O2S. The zero-order valence-electron chi connectivity index (χ0n) is 17.0. The van der Waals surface area contributed by atoms with Gasteiger partial charge in [0.2, 0.25) is 5.91 Å². The lowest BCUT2D eigenvalue weighted by Crippen LogP contribution is -2.39. The number of rotatable bonds is 7. The molecule has 0 radical (unpaired) electrons. The molecule has 6 heteroatoms. The Bertz CT molecular complexity index is 893. The van der Waals surface area contributed by atoms with Crippen LogP contribution in [-0.2, 0) is 4.79 Å². The van der Waals surface area contributed by atoms with Crippen LogP contribution in [0.4, 0.5) is 5.69 Å². The molecule has 152 valence electrons. The zero-order chi connectivity index (χ0) is 20.2. The van der Waals surface area contributed by atoms with E-state index in [1.807, 2.05) is 42.1 Å². The number of nitrogens with zero attached hydrogens (tertiary/aromatic N) is 3. The number of fused-ring (bicyclic) bond motifs is 3. The van der Waals surface area contributed by atoms with Crippen molar-refractivity contribution in [3.05, 3.63) is 54.1 Å². The van der Waals surface area contributed by atoms with Crippen molar-refractivity contribution < 1.29 is 9.53 Å². The molecular weight excluding hydrogens is 382 g/mol. The van der Waals surface area contributed by atoms with Crippen LogP contribution in [0.1, 0.15) is 25.8 Å². The molecule has 0 fully saturated rings. The topological polar surface area (TPSA) is 45.1 Å². The van der Waals surface area contributed by atoms with E-state index >= 15 is 0 Å². The van der Waals surface area contributed by atoms with Gasteiger partial charge >= 0.3 is 0 Å². The van der Waals surface area contributed by atoms with E-state index in [1.54, 1.807) is 5.01 Å². The molecule has 1 atom stereocenters. The van der Waals surface area contributed by atoms with Gasteiger partial charge in [0, 0.05) is 35.1 Å². The maximum Gasteiger partial charge on any atom is 0.248 e. The highest BCUT2D eigenvalue weighted by Gasteiger charge is 2.34. The summed E-state index contributed by atoms with van der Waals surface area (Å²) in [5.41, 5.74) is 2.97. The molecule has 4 rings (SSSR count). The second-order valence-electron chi connectivity index (χ2n) is 7.27. The first kappa shape index (κ1) is 20.0. The number of carbonyl (C=O) groups is 1. The maximum absolute atomic E-state index is 12.7. The molecule has 0 bridgehead atoms. The molecule has 0 aliphatic carbocycles. The fraction of sp³-hybridized carbons (Fsp3) is 0.391. The SMILES string of the molecule is CCN(CC)CCOc1ccc(N2N=C3c4ccccc4SCC3CC2=O)cc1. The third kappa shape index (κ3) is 4.33. The average Bonchev–Trinajstić information content (AvgIpc) is 2.76. The first-order valence-electron chi connectivity index (χ1n) is 10.3. The Morgan fingerprint density at radius 3 is 2.66 bits per heavy atom. The van der Waals surface area contributed by atoms with Gasteiger partial charge in [-0.1, -0.05) is 32.0 Å². The van der Waals surface area contributed by atoms with Crippen molar-refractivity contribution in [3.8, 4) is 5.75 Å². The van der Waals surface area contributed by atoms with Crippen LogP contribution in [0.15, 0.2) is 58.5 Å². The third-order valence-corrected chi connectivity index (χ3v) is 6.74. The van der Waals surface area contributed by atoms with Crippen LogP contribution in [0.2, 0.25) is 0 Å². The summed E-state index contributed by atoms with van der Waals surface area (Å²) < 4.78 is 5.86. The van der Waals surface area contributed by atoms with Crippen LogP contribution < -0.4 is 9.75 Å². The summed E-state index contributed by atoms with van der Waals surface area (Å²) in [5, 5.41) is 6.33. The number of hydrogen-bond donors (Lipinski definition) is 0. The van der Waals surface area contributed by atoms with E-state index in [0.29, 0.717) is 13.0 Å². The summed E-state index contributed by atoms with van der Waals surface area (Å²) in [6, 6.07) is 16.0. The van der Waals surface area contributed by atoms with Gasteiger partial charge in [0.25, 0.3) is 0 Å². The Balaban J connectivity index is 1.49. The lowest BCUT2D eigenvalue weighted by atomic mass is 9.93. The van der Waals surface area contributed by atoms with Gasteiger partial charge < -0.3 is 9.64 Å². The normalized spacial score (nSPS) is 18.3. The molecule has 2 heterocycles. The summed E-state index contributed by atoms with van der Waals surface area (Å²) >= 11 is 1.82. The number of hydrogen-bond acceptors (Lipinski definition) is 5. The number of carbonyl (C=O) groups excluding carboxylic acids is 1. The Hall–Kier alpha value is -2.31. The fourth-order valence-electron chi connectivity index (χ4n) is 3.76. The molecule has 2 aromatic carbocycles. The molecule has 5 nitrogen and oxygen atoms in total. The minimum atomic E-state index is 0.0499. The van der Waals surface area contributed by atoms with E-state index in [0.717, 1.165) is 48.1 Å². The minimum absolute atomic E-state index is 0.0499. The lowest BCUT2D eigenvalue weighted by Gasteiger charge is -2.33. The van der Waals surface area contributed by atoms with E-state index in [9.17, 15) is 4.79 Å². The number of thioether (sulfide) groups is 1. The van der Waals surface area contributed by atoms with Crippen LogP contribution in [0.25, 0.3) is 0 Å². The third-order valence-electron chi connectivity index (χ3n) is 5.51. The van der Waals surface area contributed by atoms with Crippen molar-refractivity contribution in [2.24, 2.45) is 11.0 Å². The van der Waals surface area contributed by atoms with Crippen LogP contribution in [-0.4, -0.2) is 48.5 Å². The van der Waals surface area contributed by atoms with Crippen LogP contribution in [0, 0.1) is 5.92 Å². The molecule has 0 N–H and O–H groups in total. The maximum atomic E-state index is 12.7. The Labute approximate surface area is 176 Å². The standard InChI is InChI=1S/C23H27N3O2S/c1-3-25(4-2)13-14-28-19-11-9-18(10-12-19)26-22(27)15-17-16-29-21-8-6-5-7-20(21)23(17)24-26/h5-12,17H,3-4,13-16H2,1-2H3. The quantitative estimate of drug-likeness (QED) is 0.685. The van der Waals surface area contributed by atoms with E-state index in [-0.39, 0.29) is 11.8 Å². The number of hydrazone groups is 1. The number of amides is 1. The molecule has 29 heavy (non-hydrogen) atoms. The fourth-order valence-corrected chi connectivity index (χ4v) is 4.92. The van der Waals surface area contributed by atoms with Crippen molar-refractivity contribution in [2.75, 3.05) is 37.0 Å². The van der Waals surface area contributed by atoms with E-state index in [2.05, 4.69) is 36.9 Å². The van der Waals surface area contributed by atoms with Crippen molar-refractivity contribution in [1.29, 1.82) is 0 Å². The van der Waals surface area contributed by atoms with Crippen molar-refractivity contribution in [2.45, 2.75) is 25.2 Å². The number of benzene rings is 2. The first-order valence-corrected chi connectivity index (χ1v) is 11.3. The van der Waals surface area contributed by atoms with Gasteiger partial charge in [-0.25, -0.2) is 5.01 Å². The number of ether oxygens (including phenoxy) is 1. The predicted molar refractivity (Wildman–Crippen MR) is 119 cm³/mol. The smallest absolute Gasteiger partial charge is 0.248 e. The monoisotopic (exact) mass is 409 g/mol. The van der Waals surface area contributed by atoms with Gasteiger partial charge in [0.1, 0.15) is 12.4 Å². The van der Waals surface area contributed by atoms with Crippen molar-refractivity contribution in [3.63, 3.8) is 0 Å². The van der Waals surface area contributed by atoms with E-state index in [1.165, 1.54) is 4.90 Å². The molecule has 2 aliphatic heterocycles. The lowest BCUT2D eigenvalue weighted by molar-refractivity contribution is -0.119. The summed E-state index contributed by atoms with van der Waals surface area (Å²) in [4.78, 5) is 16.3. The molecule has 0 spiro atoms. The Morgan fingerprint density at radius 2 is 1.90 bits per heavy atom. The van der Waals surface area contributed by atoms with Gasteiger partial charge in [0.15, 0.2) is 0 Å². The summed E-state index contributed by atoms with van der Waals surface area (Å²) in [6.45, 7) is 7.93. The molecule has 1 amide bonds. The highest BCUT2D eigenvalue weighted by molar-refractivity contribution is 7.99. The average molecular weight is 410 g/mol. The molecule has 0 saturated heterocycles. The highest BCUT2D eigenvalue weighted by atomic mass is 32.2. The molecule has 0 saturated carbocycles. The van der Waals surface area contributed by atoms with Crippen molar-refractivity contribution >= 4 is 29.1 Å². The molecule has 1 unspecified atom stereocenters. The highest BCUT2D eigenvalue weighted by Crippen LogP contribution is 2.37. The summed E-state index contributed by atoms with van der Waals surface area (Å²) in [7, 11) is 0. The van der Waals surface area contributed by atoms with Crippen molar-refractivity contribution in [1.82, 2.24) is 4.90 Å². The Kier molecular flexibility index (Phi) is 6.21. The second kappa shape index (κ2) is 9.01. The van der Waals surface area contributed by atoms with Gasteiger partial charge in [-0.05, 0) is 43.4 Å². The molecule has 0 aromatic heterocycles. The minimum Gasteiger partial charge on any atom is -0.492 e. The number of likely N-dealkylation sites (N-methyl/N-ethyl adjacent to an activating group) is 1. The van der Waals surface area contributed by atoms with E-state index < -0.39 is 0 Å². The van der Waals surface area contributed by atoms with Crippen LogP contribution >= 0.6 is 11.8 Å². The summed E-state index contributed by atoms with van der Waals surface area (Å²) in [6.07, 6.45) is 0.502. The van der Waals surface area contributed by atoms with Gasteiger partial charge in [-0.2, -0.15) is 5.10 Å². The van der Waals surface area contributed by atoms with Crippen LogP contribution in [0.3, 0.4) is 0 Å². The van der Waals surface area contributed by atoms with Gasteiger partial charge in [-0.3, -0.25) is 4.79 Å². The number of anilines is 1. The van der Waals surface area contributed by atoms with Gasteiger partial charge in [0.05, 0.1) is 11.4 Å². The Morgan fingerprint density at radius 1 is 1.14 bits per heavy atom. The van der Waals surface area contributed by atoms with E-state index in [4.69, 9.17) is 9.84 Å². The molecule has 2 aliphatic rings. The molecule has 2 aromatic rings. The second-order valence-corrected chi connectivity index (χ2v) is 8.33. The largest absolute Gasteiger partial charge is 0.492 e. The summed E-state index contributed by atoms with van der Waals surface area (Å²) in [5.74, 6) is 1.97. The van der Waals surface area contributed by atoms with Crippen LogP contribution in [0.5, 0.6) is 5.75 Å². The predicted octanol–water partition coefficient (Wildman–Crippen LogP) is 4.27. The zero-order valence-corrected chi connectivity index (χ0v) is 17.8. The van der Waals surface area contributed by atoms with Gasteiger partial charge in [-0.15, -0.1) is 11.8 Å². The first-order chi connectivity index (χ1) is 14.2.